The number of rotatable bonds is 1. The van der Waals surface area contributed by atoms with Gasteiger partial charge in [-0.15, -0.1) is 12.4 Å². The lowest BCUT2D eigenvalue weighted by atomic mass is 9.96. The predicted molar refractivity (Wildman–Crippen MR) is 74.3 cm³/mol. The molecule has 3 nitrogen and oxygen atoms in total. The van der Waals surface area contributed by atoms with E-state index in [-0.39, 0.29) is 18.3 Å². The quantitative estimate of drug-likeness (QED) is 0.842. The molecule has 0 radical (unpaired) electrons. The number of halogens is 1. The molecule has 98 valence electrons. The van der Waals surface area contributed by atoms with E-state index < -0.39 is 0 Å². The molecular formula is C14H19ClN2O. The van der Waals surface area contributed by atoms with Gasteiger partial charge in [0.2, 0.25) is 0 Å². The van der Waals surface area contributed by atoms with E-state index in [0.29, 0.717) is 6.04 Å². The first-order valence-electron chi connectivity index (χ1n) is 6.46. The molecule has 3 rings (SSSR count). The van der Waals surface area contributed by atoms with Crippen LogP contribution >= 0.6 is 12.4 Å². The van der Waals surface area contributed by atoms with Crippen molar-refractivity contribution in [2.75, 3.05) is 19.6 Å². The van der Waals surface area contributed by atoms with Gasteiger partial charge in [0.05, 0.1) is 0 Å². The Balaban J connectivity index is 0.00000120. The summed E-state index contributed by atoms with van der Waals surface area (Å²) in [5.41, 5.74) is 2.11. The van der Waals surface area contributed by atoms with Gasteiger partial charge in [-0.3, -0.25) is 4.79 Å². The van der Waals surface area contributed by atoms with Crippen LogP contribution in [0.4, 0.5) is 0 Å². The highest BCUT2D eigenvalue weighted by atomic mass is 35.5. The minimum absolute atomic E-state index is 0. The van der Waals surface area contributed by atoms with Gasteiger partial charge in [0.1, 0.15) is 0 Å². The zero-order valence-corrected chi connectivity index (χ0v) is 11.2. The fourth-order valence-electron chi connectivity index (χ4n) is 2.89. The van der Waals surface area contributed by atoms with Crippen molar-refractivity contribution in [2.45, 2.75) is 25.3 Å². The maximum absolute atomic E-state index is 12.4. The van der Waals surface area contributed by atoms with Gasteiger partial charge in [-0.1, -0.05) is 18.2 Å². The van der Waals surface area contributed by atoms with Crippen molar-refractivity contribution in [1.29, 1.82) is 0 Å². The van der Waals surface area contributed by atoms with Gasteiger partial charge >= 0.3 is 0 Å². The van der Waals surface area contributed by atoms with Gasteiger partial charge in [-0.25, -0.2) is 0 Å². The summed E-state index contributed by atoms with van der Waals surface area (Å²) in [7, 11) is 0. The topological polar surface area (TPSA) is 32.3 Å². The van der Waals surface area contributed by atoms with Crippen LogP contribution in [0.25, 0.3) is 0 Å². The molecule has 0 bridgehead atoms. The maximum Gasteiger partial charge on any atom is 0.254 e. The standard InChI is InChI=1S/C14H18N2O.ClH/c17-14-13-6-2-1-4-11(13)7-9-16(14)12-5-3-8-15-10-12;/h1-2,4,6,12,15H,3,5,7-10H2;1H. The second kappa shape index (κ2) is 5.72. The number of carbonyl (C=O) groups is 1. The highest BCUT2D eigenvalue weighted by molar-refractivity contribution is 5.96. The summed E-state index contributed by atoms with van der Waals surface area (Å²) in [4.78, 5) is 14.5. The third-order valence-corrected chi connectivity index (χ3v) is 3.84. The lowest BCUT2D eigenvalue weighted by Crippen LogP contribution is -2.51. The van der Waals surface area contributed by atoms with E-state index in [1.54, 1.807) is 0 Å². The van der Waals surface area contributed by atoms with Crippen molar-refractivity contribution in [3.63, 3.8) is 0 Å². The number of hydrogen-bond donors (Lipinski definition) is 1. The first kappa shape index (κ1) is 13.4. The minimum Gasteiger partial charge on any atom is -0.334 e. The Kier molecular flexibility index (Phi) is 4.25. The van der Waals surface area contributed by atoms with Crippen molar-refractivity contribution >= 4 is 18.3 Å². The Bertz CT molecular complexity index is 430. The van der Waals surface area contributed by atoms with Gasteiger partial charge in [-0.05, 0) is 37.4 Å². The highest BCUT2D eigenvalue weighted by Gasteiger charge is 2.30. The second-order valence-corrected chi connectivity index (χ2v) is 4.91. The van der Waals surface area contributed by atoms with Gasteiger partial charge in [0.25, 0.3) is 5.91 Å². The number of piperidine rings is 1. The number of fused-ring (bicyclic) bond motifs is 1. The molecule has 2 aliphatic heterocycles. The fourth-order valence-corrected chi connectivity index (χ4v) is 2.89. The van der Waals surface area contributed by atoms with Gasteiger partial charge in [0, 0.05) is 24.7 Å². The number of benzene rings is 1. The summed E-state index contributed by atoms with van der Waals surface area (Å²) >= 11 is 0. The number of hydrogen-bond acceptors (Lipinski definition) is 2. The van der Waals surface area contributed by atoms with Gasteiger partial charge in [0.15, 0.2) is 0 Å². The van der Waals surface area contributed by atoms with Crippen molar-refractivity contribution in [2.24, 2.45) is 0 Å². The van der Waals surface area contributed by atoms with E-state index >= 15 is 0 Å². The Morgan fingerprint density at radius 2 is 2.11 bits per heavy atom. The largest absolute Gasteiger partial charge is 0.334 e. The van der Waals surface area contributed by atoms with Crippen LogP contribution in [-0.2, 0) is 6.42 Å². The van der Waals surface area contributed by atoms with Crippen LogP contribution in [0.1, 0.15) is 28.8 Å². The van der Waals surface area contributed by atoms with Crippen LogP contribution in [0.3, 0.4) is 0 Å². The van der Waals surface area contributed by atoms with Gasteiger partial charge in [-0.2, -0.15) is 0 Å². The summed E-state index contributed by atoms with van der Waals surface area (Å²) in [6.45, 7) is 2.92. The molecule has 1 aromatic carbocycles. The minimum atomic E-state index is 0. The average molecular weight is 267 g/mol. The second-order valence-electron chi connectivity index (χ2n) is 4.91. The normalized spacial score (nSPS) is 23.2. The molecule has 1 amide bonds. The monoisotopic (exact) mass is 266 g/mol. The number of nitrogens with one attached hydrogen (secondary N) is 1. The first-order valence-corrected chi connectivity index (χ1v) is 6.46. The van der Waals surface area contributed by atoms with E-state index in [2.05, 4.69) is 16.3 Å². The van der Waals surface area contributed by atoms with Crippen LogP contribution in [0.2, 0.25) is 0 Å². The van der Waals surface area contributed by atoms with E-state index in [1.165, 1.54) is 12.0 Å². The molecule has 1 atom stereocenters. The molecule has 1 fully saturated rings. The SMILES string of the molecule is Cl.O=C1c2ccccc2CCN1C1CCCNC1. The van der Waals surface area contributed by atoms with Crippen molar-refractivity contribution in [3.8, 4) is 0 Å². The summed E-state index contributed by atoms with van der Waals surface area (Å²) in [6.07, 6.45) is 3.31. The molecule has 0 saturated carbocycles. The van der Waals surface area contributed by atoms with E-state index in [1.807, 2.05) is 18.2 Å². The van der Waals surface area contributed by atoms with Crippen LogP contribution in [0, 0.1) is 0 Å². The van der Waals surface area contributed by atoms with Crippen LogP contribution in [0.5, 0.6) is 0 Å². The molecule has 4 heteroatoms. The van der Waals surface area contributed by atoms with Crippen molar-refractivity contribution < 1.29 is 4.79 Å². The van der Waals surface area contributed by atoms with Crippen LogP contribution in [0.15, 0.2) is 24.3 Å². The molecule has 18 heavy (non-hydrogen) atoms. The summed E-state index contributed by atoms with van der Waals surface area (Å²) in [5, 5.41) is 3.38. The Morgan fingerprint density at radius 3 is 2.89 bits per heavy atom. The van der Waals surface area contributed by atoms with Crippen molar-refractivity contribution in [1.82, 2.24) is 10.2 Å². The summed E-state index contributed by atoms with van der Waals surface area (Å²) in [6, 6.07) is 8.40. The predicted octanol–water partition coefficient (Wildman–Crippen LogP) is 1.86. The lowest BCUT2D eigenvalue weighted by molar-refractivity contribution is 0.0630. The Labute approximate surface area is 114 Å². The first-order chi connectivity index (χ1) is 8.36. The van der Waals surface area contributed by atoms with Gasteiger partial charge < -0.3 is 10.2 Å². The zero-order chi connectivity index (χ0) is 11.7. The smallest absolute Gasteiger partial charge is 0.254 e. The Morgan fingerprint density at radius 1 is 1.28 bits per heavy atom. The average Bonchev–Trinajstić information content (AvgIpc) is 2.40. The van der Waals surface area contributed by atoms with Crippen LogP contribution in [-0.4, -0.2) is 36.5 Å². The lowest BCUT2D eigenvalue weighted by Gasteiger charge is -2.37. The third kappa shape index (κ3) is 2.38. The molecular weight excluding hydrogens is 248 g/mol. The zero-order valence-electron chi connectivity index (χ0n) is 10.4. The maximum atomic E-state index is 12.4. The molecule has 0 spiro atoms. The molecule has 1 unspecified atom stereocenters. The fraction of sp³-hybridized carbons (Fsp3) is 0.500. The number of nitrogens with zero attached hydrogens (tertiary/aromatic N) is 1. The molecule has 1 N–H and O–H groups in total. The van der Waals surface area contributed by atoms with Crippen LogP contribution < -0.4 is 5.32 Å². The molecule has 0 aliphatic carbocycles. The summed E-state index contributed by atoms with van der Waals surface area (Å²) < 4.78 is 0. The Hall–Kier alpha value is -1.06. The van der Waals surface area contributed by atoms with E-state index in [9.17, 15) is 4.79 Å². The molecule has 2 aliphatic rings. The third-order valence-electron chi connectivity index (χ3n) is 3.84. The van der Waals surface area contributed by atoms with Crippen molar-refractivity contribution in [3.05, 3.63) is 35.4 Å². The number of carbonyl (C=O) groups excluding carboxylic acids is 1. The van der Waals surface area contributed by atoms with E-state index in [0.717, 1.165) is 38.0 Å². The molecule has 1 aromatic rings. The number of amides is 1. The molecule has 2 heterocycles. The summed E-state index contributed by atoms with van der Waals surface area (Å²) in [5.74, 6) is 0.223. The van der Waals surface area contributed by atoms with E-state index in [4.69, 9.17) is 0 Å². The molecule has 0 aromatic heterocycles. The molecule has 1 saturated heterocycles. The highest BCUT2D eigenvalue weighted by Crippen LogP contribution is 2.22.